The molecule has 3 nitrogen and oxygen atoms in total. The minimum absolute atomic E-state index is 0.0441. The Morgan fingerprint density at radius 3 is 0.324 bits per heavy atom. The third-order valence-electron chi connectivity index (χ3n) is 8.93. The Bertz CT molecular complexity index is 2190. The molecular formula is C23HI47O3S. The molecule has 446 valence electrons. The van der Waals surface area contributed by atoms with Crippen LogP contribution in [-0.4, -0.2) is 43.2 Å². The van der Waals surface area contributed by atoms with E-state index in [-0.39, 0.29) is 15.1 Å². The van der Waals surface area contributed by atoms with Gasteiger partial charge in [0.1, 0.15) is 29.4 Å². The highest BCUT2D eigenvalue weighted by Gasteiger charge is 2.86. The fourth-order valence-electron chi connectivity index (χ4n) is 4.27. The van der Waals surface area contributed by atoms with E-state index in [0.717, 1.165) is 0 Å². The van der Waals surface area contributed by atoms with Crippen LogP contribution in [0.1, 0.15) is 0 Å². The lowest BCUT2D eigenvalue weighted by Gasteiger charge is -2.63. The Morgan fingerprint density at radius 1 is 0.162 bits per heavy atom. The zero-order valence-corrected chi connectivity index (χ0v) is 133. The lowest BCUT2D eigenvalue weighted by molar-refractivity contribution is 0.477. The SMILES string of the molecule is O=S(=O)(O)C(I)(I)C(I)(I)C(I)(I)C(I)(I)C(I)(I)C(I)(I)C(I)(I)C(I)(I)C(I)(I)C(I)(I)C(I)(I)C(I)(I)C(I)(I)C(I)(I)C(I)(I)C(I)(I)C(I)(I)C(I)(I)C(I)(I)C(I)(I)C(I)(I)C(I)(I)C(I)(I)I. The topological polar surface area (TPSA) is 54.4 Å². The van der Waals surface area contributed by atoms with Gasteiger partial charge in [-0.1, -0.05) is 1020 Å². The van der Waals surface area contributed by atoms with Crippen LogP contribution < -0.4 is 0 Å². The quantitative estimate of drug-likeness (QED) is 0.0630. The molecule has 0 rings (SSSR count). The highest BCUT2D eigenvalue weighted by Crippen LogP contribution is 2.87. The van der Waals surface area contributed by atoms with Gasteiger partial charge in [-0.25, -0.2) is 0 Å². The number of halogens is 47. The van der Waals surface area contributed by atoms with Crippen LogP contribution in [0.2, 0.25) is 0 Å². The summed E-state index contributed by atoms with van der Waals surface area (Å²) in [5.74, 6) is 0. The smallest absolute Gasteiger partial charge is 0.284 e. The summed E-state index contributed by atoms with van der Waals surface area (Å²) in [4.78, 5) is 0. The first-order valence-electron chi connectivity index (χ1n) is 15.1. The third-order valence-corrected chi connectivity index (χ3v) is 179. The van der Waals surface area contributed by atoms with Crippen molar-refractivity contribution in [3.8, 4) is 0 Å². The summed E-state index contributed by atoms with van der Waals surface area (Å²) in [5.41, 5.74) is 0. The van der Waals surface area contributed by atoms with Crippen LogP contribution in [0.15, 0.2) is 0 Å². The molecule has 0 spiro atoms. The van der Waals surface area contributed by atoms with Gasteiger partial charge in [0.15, 0.2) is 0 Å². The van der Waals surface area contributed by atoms with Gasteiger partial charge in [-0.2, -0.15) is 8.42 Å². The van der Waals surface area contributed by atoms with Crippen molar-refractivity contribution in [3.63, 3.8) is 0 Å². The van der Waals surface area contributed by atoms with Crippen LogP contribution in [0.25, 0.3) is 0 Å². The third kappa shape index (κ3) is 20.2. The molecule has 0 saturated carbocycles. The molecule has 74 heavy (non-hydrogen) atoms. The van der Waals surface area contributed by atoms with E-state index in [1.807, 2.05) is 45.2 Å². The standard InChI is InChI=1S/C23HI47O3S/c24-1(25,2(26,27)4(30,31)6(34,35)8(38,39)10(42,43)12(46,47)14(50,51)16(54,55)18(58,59)20(62,63)22(66,67)68)3(28,29)5(32,33)7(36,37)9(40,41)11(44,45)13(48,49)15(52,53)17(56,57)19(60,61)21(64,65)23(69,70)74(71,72)73/h(H,71,72,73). The van der Waals surface area contributed by atoms with Gasteiger partial charge in [0, 0.05) is 0 Å². The molecule has 0 atom stereocenters. The molecule has 0 unspecified atom stereocenters. The summed E-state index contributed by atoms with van der Waals surface area (Å²) in [5, 5.41) is 0. The average molecular weight is 6320 g/mol. The molecule has 0 heterocycles. The number of hydrogen-bond acceptors (Lipinski definition) is 2. The highest BCUT2D eigenvalue weighted by molar-refractivity contribution is 14.3. The molecule has 1 N–H and O–H groups in total. The van der Waals surface area contributed by atoms with Crippen LogP contribution in [0, 0.1) is 0 Å². The van der Waals surface area contributed by atoms with Crippen LogP contribution in [0.5, 0.6) is 0 Å². The zero-order chi connectivity index (χ0) is 62.0. The van der Waals surface area contributed by atoms with Crippen molar-refractivity contribution in [1.82, 2.24) is 0 Å². The van der Waals surface area contributed by atoms with Gasteiger partial charge in [-0.15, -0.1) is 0 Å². The van der Waals surface area contributed by atoms with E-state index in [4.69, 9.17) is 0 Å². The molecule has 0 aromatic carbocycles. The van der Waals surface area contributed by atoms with Crippen molar-refractivity contribution < 1.29 is 13.0 Å². The lowest BCUT2D eigenvalue weighted by Crippen LogP contribution is -2.74. The number of rotatable bonds is 23. The fourth-order valence-corrected chi connectivity index (χ4v) is 85.5. The number of hydrogen-bond donors (Lipinski definition) is 1. The first kappa shape index (κ1) is 108. The Hall–Kier alpha value is 34.2. The summed E-state index contributed by atoms with van der Waals surface area (Å²) in [6.07, 6.45) is 0. The van der Waals surface area contributed by atoms with E-state index in [9.17, 15) is 13.0 Å². The minimum atomic E-state index is -4.46. The van der Waals surface area contributed by atoms with Gasteiger partial charge in [0.05, 0.1) is 0 Å². The van der Waals surface area contributed by atoms with Crippen molar-refractivity contribution in [2.75, 3.05) is 0 Å². The van der Waals surface area contributed by atoms with Crippen LogP contribution >= 0.6 is 1060 Å². The Labute approximate surface area is 1080 Å². The molecule has 0 bridgehead atoms. The van der Waals surface area contributed by atoms with E-state index in [1.165, 1.54) is 0 Å². The largest absolute Gasteiger partial charge is 0.291 e. The summed E-state index contributed by atoms with van der Waals surface area (Å²) in [7, 11) is -4.46. The minimum Gasteiger partial charge on any atom is -0.284 e. The van der Waals surface area contributed by atoms with Crippen molar-refractivity contribution >= 4 is 1070 Å². The van der Waals surface area contributed by atoms with Crippen molar-refractivity contribution in [2.45, 2.75) is 30.2 Å². The van der Waals surface area contributed by atoms with Crippen LogP contribution in [-0.2, 0) is 10.1 Å². The van der Waals surface area contributed by atoms with Crippen LogP contribution in [0.3, 0.4) is 0 Å². The van der Waals surface area contributed by atoms with Gasteiger partial charge in [-0.05, 0) is 45.2 Å². The first-order valence-corrected chi connectivity index (χ1v) is 67.2. The highest BCUT2D eigenvalue weighted by atomic mass is 127. The molecule has 0 aromatic rings. The molecular weight excluding hydrogens is 6320 g/mol. The Kier molecular flexibility index (Phi) is 55.7. The van der Waals surface area contributed by atoms with E-state index >= 15 is 0 Å². The van der Waals surface area contributed by atoms with E-state index < -0.39 is 25.2 Å². The number of alkyl halides is 47. The second kappa shape index (κ2) is 38.1. The maximum absolute atomic E-state index is 13.1. The van der Waals surface area contributed by atoms with Gasteiger partial charge < -0.3 is 0 Å². The molecule has 0 radical (unpaired) electrons. The molecule has 0 fully saturated rings. The van der Waals surface area contributed by atoms with Crippen LogP contribution in [0.4, 0.5) is 0 Å². The zero-order valence-electron chi connectivity index (χ0n) is 30.9. The van der Waals surface area contributed by atoms with Crippen molar-refractivity contribution in [1.29, 1.82) is 0 Å². The second-order valence-electron chi connectivity index (χ2n) is 13.6. The molecule has 51 heteroatoms. The monoisotopic (exact) mass is 6320 g/mol. The lowest BCUT2D eigenvalue weighted by atomic mass is 10.0. The Balaban J connectivity index is 8.20. The molecule has 0 aromatic heterocycles. The maximum Gasteiger partial charge on any atom is 0.291 e. The van der Waals surface area contributed by atoms with Gasteiger partial charge in [-0.3, -0.25) is 4.55 Å². The van der Waals surface area contributed by atoms with Gasteiger partial charge in [0.25, 0.3) is 10.1 Å². The Morgan fingerprint density at radius 2 is 0.243 bits per heavy atom. The molecule has 0 aliphatic heterocycles. The fraction of sp³-hybridized carbons (Fsp3) is 1.00. The summed E-state index contributed by atoms with van der Waals surface area (Å²) in [6.45, 7) is 0. The predicted octanol–water partition coefficient (Wildman–Crippen LogP) is 36.2. The van der Waals surface area contributed by atoms with E-state index in [0.29, 0.717) is 0 Å². The first-order chi connectivity index (χ1) is 30.8. The maximum atomic E-state index is 13.1. The van der Waals surface area contributed by atoms with E-state index in [1.54, 1.807) is 0 Å². The van der Waals surface area contributed by atoms with E-state index in [2.05, 4.69) is 1020 Å². The molecule has 0 aliphatic rings. The van der Waals surface area contributed by atoms with Crippen molar-refractivity contribution in [3.05, 3.63) is 0 Å². The molecule has 0 aliphatic carbocycles. The summed E-state index contributed by atoms with van der Waals surface area (Å²) >= 11 is 127. The van der Waals surface area contributed by atoms with Gasteiger partial charge in [0.2, 0.25) is 0.760 Å². The molecule has 0 amide bonds. The van der Waals surface area contributed by atoms with Crippen molar-refractivity contribution in [2.24, 2.45) is 0 Å². The van der Waals surface area contributed by atoms with Gasteiger partial charge >= 0.3 is 0 Å². The average Bonchev–Trinajstić information content (AvgIpc) is 3.15. The second-order valence-corrected chi connectivity index (χ2v) is 144. The normalized spacial score (nSPS) is 17.6. The predicted molar refractivity (Wildman–Crippen MR) is 733 cm³/mol. The summed E-state index contributed by atoms with van der Waals surface area (Å²) < 4.78 is 26.6. The summed E-state index contributed by atoms with van der Waals surface area (Å²) in [6, 6.07) is 0. The molecule has 0 saturated heterocycles.